The highest BCUT2D eigenvalue weighted by atomic mass is 16.5. The summed E-state index contributed by atoms with van der Waals surface area (Å²) in [6.45, 7) is 2.97. The predicted molar refractivity (Wildman–Crippen MR) is 82.6 cm³/mol. The number of aromatic nitrogens is 2. The lowest BCUT2D eigenvalue weighted by molar-refractivity contribution is -0.165. The summed E-state index contributed by atoms with van der Waals surface area (Å²) < 4.78 is 6.07. The molecule has 120 valence electrons. The Morgan fingerprint density at radius 1 is 1.45 bits per heavy atom. The molecular weight excluding hydrogens is 282 g/mol. The van der Waals surface area contributed by atoms with Gasteiger partial charge in [0.05, 0.1) is 19.7 Å². The molecular formula is C15H23N5O2. The van der Waals surface area contributed by atoms with Crippen LogP contribution in [0.2, 0.25) is 0 Å². The molecule has 0 bridgehead atoms. The first-order valence-corrected chi connectivity index (χ1v) is 7.69. The van der Waals surface area contributed by atoms with Crippen LogP contribution in [0.1, 0.15) is 12.8 Å². The number of likely N-dealkylation sites (tertiary alicyclic amines) is 1. The zero-order valence-electron chi connectivity index (χ0n) is 13.2. The van der Waals surface area contributed by atoms with Gasteiger partial charge >= 0.3 is 6.03 Å². The molecule has 2 aliphatic heterocycles. The van der Waals surface area contributed by atoms with E-state index in [2.05, 4.69) is 15.3 Å². The molecule has 3 heterocycles. The third kappa shape index (κ3) is 3.14. The summed E-state index contributed by atoms with van der Waals surface area (Å²) in [7, 11) is 3.56. The van der Waals surface area contributed by atoms with E-state index < -0.39 is 0 Å². The number of carbonyl (C=O) groups is 1. The van der Waals surface area contributed by atoms with E-state index in [1.807, 2.05) is 4.90 Å². The lowest BCUT2D eigenvalue weighted by atomic mass is 9.83. The van der Waals surface area contributed by atoms with Crippen molar-refractivity contribution >= 4 is 12.0 Å². The van der Waals surface area contributed by atoms with Crippen LogP contribution in [0.5, 0.6) is 0 Å². The average Bonchev–Trinajstić information content (AvgIpc) is 2.51. The van der Waals surface area contributed by atoms with E-state index in [4.69, 9.17) is 4.74 Å². The highest BCUT2D eigenvalue weighted by Gasteiger charge is 2.48. The standard InChI is InChI=1S/C15H23N5O2/c1-19(2)14(21)20-10-15(11-20)5-4-12(9-22-15)8-18-13-16-6-3-7-17-13/h3,6-7,12H,4-5,8-11H2,1-2H3,(H,16,17,18)/t12-/m1/s1. The van der Waals surface area contributed by atoms with E-state index in [0.717, 1.165) is 26.0 Å². The van der Waals surface area contributed by atoms with Crippen LogP contribution in [0, 0.1) is 5.92 Å². The van der Waals surface area contributed by atoms with Crippen LogP contribution in [0.15, 0.2) is 18.5 Å². The summed E-state index contributed by atoms with van der Waals surface area (Å²) in [5.74, 6) is 1.13. The van der Waals surface area contributed by atoms with Crippen LogP contribution in [0.25, 0.3) is 0 Å². The summed E-state index contributed by atoms with van der Waals surface area (Å²) in [5, 5.41) is 3.25. The van der Waals surface area contributed by atoms with Gasteiger partial charge < -0.3 is 19.9 Å². The molecule has 1 N–H and O–H groups in total. The zero-order valence-corrected chi connectivity index (χ0v) is 13.2. The van der Waals surface area contributed by atoms with Gasteiger partial charge in [-0.05, 0) is 24.8 Å². The quantitative estimate of drug-likeness (QED) is 0.904. The molecule has 0 unspecified atom stereocenters. The predicted octanol–water partition coefficient (Wildman–Crippen LogP) is 1.05. The second kappa shape index (κ2) is 6.08. The van der Waals surface area contributed by atoms with Crippen molar-refractivity contribution in [2.24, 2.45) is 5.92 Å². The van der Waals surface area contributed by atoms with Gasteiger partial charge in [-0.15, -0.1) is 0 Å². The van der Waals surface area contributed by atoms with Crippen molar-refractivity contribution in [1.82, 2.24) is 19.8 Å². The summed E-state index contributed by atoms with van der Waals surface area (Å²) in [6.07, 6.45) is 5.56. The highest BCUT2D eigenvalue weighted by molar-refractivity contribution is 5.75. The lowest BCUT2D eigenvalue weighted by Crippen LogP contribution is -2.67. The van der Waals surface area contributed by atoms with E-state index in [1.165, 1.54) is 0 Å². The number of hydrogen-bond acceptors (Lipinski definition) is 5. The molecule has 1 aromatic rings. The van der Waals surface area contributed by atoms with Crippen LogP contribution >= 0.6 is 0 Å². The lowest BCUT2D eigenvalue weighted by Gasteiger charge is -2.53. The number of anilines is 1. The molecule has 7 nitrogen and oxygen atoms in total. The van der Waals surface area contributed by atoms with Crippen LogP contribution in [-0.4, -0.2) is 71.7 Å². The second-order valence-electron chi connectivity index (χ2n) is 6.39. The highest BCUT2D eigenvalue weighted by Crippen LogP contribution is 2.36. The summed E-state index contributed by atoms with van der Waals surface area (Å²) >= 11 is 0. The van der Waals surface area contributed by atoms with E-state index in [1.54, 1.807) is 37.5 Å². The van der Waals surface area contributed by atoms with Crippen LogP contribution in [0.3, 0.4) is 0 Å². The number of amides is 2. The van der Waals surface area contributed by atoms with Crippen molar-refractivity contribution in [3.63, 3.8) is 0 Å². The number of nitrogens with zero attached hydrogens (tertiary/aromatic N) is 4. The Kier molecular flexibility index (Phi) is 4.15. The maximum Gasteiger partial charge on any atom is 0.319 e. The topological polar surface area (TPSA) is 70.6 Å². The van der Waals surface area contributed by atoms with Gasteiger partial charge in [0.25, 0.3) is 0 Å². The van der Waals surface area contributed by atoms with Gasteiger partial charge in [0, 0.05) is 33.0 Å². The molecule has 2 fully saturated rings. The second-order valence-corrected chi connectivity index (χ2v) is 6.39. The van der Waals surface area contributed by atoms with Crippen LogP contribution in [0.4, 0.5) is 10.7 Å². The van der Waals surface area contributed by atoms with E-state index in [0.29, 0.717) is 25.0 Å². The third-order valence-corrected chi connectivity index (χ3v) is 4.36. The largest absolute Gasteiger partial charge is 0.371 e. The minimum Gasteiger partial charge on any atom is -0.371 e. The minimum atomic E-state index is -0.106. The Balaban J connectivity index is 1.41. The minimum absolute atomic E-state index is 0.0687. The number of hydrogen-bond donors (Lipinski definition) is 1. The Bertz CT molecular complexity index is 506. The van der Waals surface area contributed by atoms with Crippen molar-refractivity contribution in [3.05, 3.63) is 18.5 Å². The van der Waals surface area contributed by atoms with Gasteiger partial charge in [0.2, 0.25) is 5.95 Å². The molecule has 22 heavy (non-hydrogen) atoms. The molecule has 0 radical (unpaired) electrons. The van der Waals surface area contributed by atoms with Crippen molar-refractivity contribution in [3.8, 4) is 0 Å². The van der Waals surface area contributed by atoms with E-state index in [9.17, 15) is 4.79 Å². The molecule has 3 rings (SSSR count). The number of ether oxygens (including phenoxy) is 1. The number of nitrogens with one attached hydrogen (secondary N) is 1. The Labute approximate surface area is 130 Å². The van der Waals surface area contributed by atoms with Crippen molar-refractivity contribution in [2.45, 2.75) is 18.4 Å². The molecule has 1 spiro atoms. The van der Waals surface area contributed by atoms with Gasteiger partial charge in [0.1, 0.15) is 5.60 Å². The fourth-order valence-electron chi connectivity index (χ4n) is 3.02. The molecule has 7 heteroatoms. The first-order chi connectivity index (χ1) is 10.6. The van der Waals surface area contributed by atoms with Gasteiger partial charge in [-0.25, -0.2) is 14.8 Å². The van der Waals surface area contributed by atoms with E-state index >= 15 is 0 Å². The van der Waals surface area contributed by atoms with Crippen molar-refractivity contribution in [2.75, 3.05) is 45.7 Å². The molecule has 2 aliphatic rings. The van der Waals surface area contributed by atoms with Gasteiger partial charge in [-0.3, -0.25) is 0 Å². The maximum absolute atomic E-state index is 11.8. The summed E-state index contributed by atoms with van der Waals surface area (Å²) in [4.78, 5) is 23.6. The molecule has 0 aliphatic carbocycles. The van der Waals surface area contributed by atoms with Crippen LogP contribution < -0.4 is 5.32 Å². The SMILES string of the molecule is CN(C)C(=O)N1CC2(CC[C@H](CNc3ncccn3)CO2)C1. The average molecular weight is 305 g/mol. The molecule has 2 saturated heterocycles. The smallest absolute Gasteiger partial charge is 0.319 e. The monoisotopic (exact) mass is 305 g/mol. The van der Waals surface area contributed by atoms with Crippen molar-refractivity contribution in [1.29, 1.82) is 0 Å². The Hall–Kier alpha value is -1.89. The summed E-state index contributed by atoms with van der Waals surface area (Å²) in [5.41, 5.74) is -0.106. The third-order valence-electron chi connectivity index (χ3n) is 4.36. The molecule has 0 aromatic carbocycles. The number of rotatable bonds is 3. The summed E-state index contributed by atoms with van der Waals surface area (Å²) in [6, 6.07) is 1.87. The van der Waals surface area contributed by atoms with E-state index in [-0.39, 0.29) is 11.6 Å². The zero-order chi connectivity index (χ0) is 15.6. The first-order valence-electron chi connectivity index (χ1n) is 7.69. The van der Waals surface area contributed by atoms with Gasteiger partial charge in [-0.2, -0.15) is 0 Å². The Morgan fingerprint density at radius 2 is 2.18 bits per heavy atom. The maximum atomic E-state index is 11.8. The first kappa shape index (κ1) is 15.0. The fraction of sp³-hybridized carbons (Fsp3) is 0.667. The molecule has 2 amide bonds. The van der Waals surface area contributed by atoms with Crippen LogP contribution in [-0.2, 0) is 4.74 Å². The molecule has 0 saturated carbocycles. The molecule has 1 atom stereocenters. The number of carbonyl (C=O) groups excluding carboxylic acids is 1. The number of urea groups is 1. The van der Waals surface area contributed by atoms with Crippen molar-refractivity contribution < 1.29 is 9.53 Å². The molecule has 1 aromatic heterocycles. The normalized spacial score (nSPS) is 23.0. The van der Waals surface area contributed by atoms with Gasteiger partial charge in [-0.1, -0.05) is 0 Å². The Morgan fingerprint density at radius 3 is 2.77 bits per heavy atom. The van der Waals surface area contributed by atoms with Gasteiger partial charge in [0.15, 0.2) is 0 Å². The fourth-order valence-corrected chi connectivity index (χ4v) is 3.02.